The van der Waals surface area contributed by atoms with Crippen LogP contribution in [-0.4, -0.2) is 25.2 Å². The summed E-state index contributed by atoms with van der Waals surface area (Å²) < 4.78 is 5.43. The Morgan fingerprint density at radius 2 is 2.25 bits per heavy atom. The first-order chi connectivity index (χ1) is 7.59. The number of primary amides is 1. The largest absolute Gasteiger partial charge is 0.450 e. The van der Waals surface area contributed by atoms with E-state index >= 15 is 0 Å². The zero-order valence-electron chi connectivity index (χ0n) is 8.36. The van der Waals surface area contributed by atoms with Gasteiger partial charge in [0.25, 0.3) is 5.91 Å². The highest BCUT2D eigenvalue weighted by atomic mass is 79.9. The number of hydrogen-bond donors (Lipinski definition) is 2. The van der Waals surface area contributed by atoms with E-state index in [9.17, 15) is 9.59 Å². The van der Waals surface area contributed by atoms with Gasteiger partial charge in [0.1, 0.15) is 0 Å². The maximum Gasteiger partial charge on any atom is 0.404 e. The van der Waals surface area contributed by atoms with Crippen LogP contribution in [0.3, 0.4) is 0 Å². The molecule has 0 spiro atoms. The van der Waals surface area contributed by atoms with Crippen LogP contribution in [0, 0.1) is 0 Å². The summed E-state index contributed by atoms with van der Waals surface area (Å²) in [7, 11) is 0. The minimum atomic E-state index is -0.798. The highest BCUT2D eigenvalue weighted by Crippen LogP contribution is 2.21. The number of nitrogens with one attached hydrogen (secondary N) is 1. The van der Waals surface area contributed by atoms with Gasteiger partial charge in [0.2, 0.25) is 0 Å². The van der Waals surface area contributed by atoms with Crippen molar-refractivity contribution in [3.63, 3.8) is 0 Å². The monoisotopic (exact) mass is 306 g/mol. The smallest absolute Gasteiger partial charge is 0.404 e. The van der Waals surface area contributed by atoms with Gasteiger partial charge in [0.15, 0.2) is 0 Å². The SMILES string of the molecule is NC(=O)OCCCNC(=O)c1ccc(Br)s1. The summed E-state index contributed by atoms with van der Waals surface area (Å²) in [5, 5.41) is 2.70. The van der Waals surface area contributed by atoms with E-state index in [2.05, 4.69) is 26.0 Å². The molecule has 0 bridgehead atoms. The predicted molar refractivity (Wildman–Crippen MR) is 64.5 cm³/mol. The van der Waals surface area contributed by atoms with Crippen molar-refractivity contribution < 1.29 is 14.3 Å². The summed E-state index contributed by atoms with van der Waals surface area (Å²) >= 11 is 4.64. The molecule has 3 N–H and O–H groups in total. The van der Waals surface area contributed by atoms with E-state index in [1.54, 1.807) is 6.07 Å². The summed E-state index contributed by atoms with van der Waals surface area (Å²) in [4.78, 5) is 22.4. The van der Waals surface area contributed by atoms with Gasteiger partial charge in [-0.1, -0.05) is 0 Å². The first kappa shape index (κ1) is 13.0. The minimum Gasteiger partial charge on any atom is -0.450 e. The standard InChI is InChI=1S/C9H11BrN2O3S/c10-7-3-2-6(16-7)8(13)12-4-1-5-15-9(11)14/h2-3H,1,4-5H2,(H2,11,14)(H,12,13). The van der Waals surface area contributed by atoms with Crippen molar-refractivity contribution >= 4 is 39.3 Å². The van der Waals surface area contributed by atoms with E-state index in [1.165, 1.54) is 11.3 Å². The van der Waals surface area contributed by atoms with Crippen LogP contribution in [0.25, 0.3) is 0 Å². The average molecular weight is 307 g/mol. The topological polar surface area (TPSA) is 81.4 Å². The first-order valence-corrected chi connectivity index (χ1v) is 6.16. The van der Waals surface area contributed by atoms with Crippen LogP contribution < -0.4 is 11.1 Å². The molecule has 1 rings (SSSR count). The summed E-state index contributed by atoms with van der Waals surface area (Å²) in [6, 6.07) is 3.56. The predicted octanol–water partition coefficient (Wildman–Crippen LogP) is 1.73. The van der Waals surface area contributed by atoms with Gasteiger partial charge in [-0.15, -0.1) is 11.3 Å². The molecular weight excluding hydrogens is 296 g/mol. The molecule has 0 fully saturated rings. The lowest BCUT2D eigenvalue weighted by molar-refractivity contribution is 0.0954. The summed E-state index contributed by atoms with van der Waals surface area (Å²) in [5.41, 5.74) is 4.78. The quantitative estimate of drug-likeness (QED) is 0.813. The minimum absolute atomic E-state index is 0.130. The molecule has 0 aliphatic carbocycles. The maximum atomic E-state index is 11.5. The van der Waals surface area contributed by atoms with Crippen LogP contribution in [0.1, 0.15) is 16.1 Å². The Morgan fingerprint density at radius 1 is 1.50 bits per heavy atom. The lowest BCUT2D eigenvalue weighted by Crippen LogP contribution is -2.25. The average Bonchev–Trinajstić information content (AvgIpc) is 2.63. The first-order valence-electron chi connectivity index (χ1n) is 4.55. The molecule has 0 aromatic carbocycles. The number of halogens is 1. The van der Waals surface area contributed by atoms with Crippen molar-refractivity contribution in [2.24, 2.45) is 5.73 Å². The van der Waals surface area contributed by atoms with Crippen LogP contribution >= 0.6 is 27.3 Å². The third kappa shape index (κ3) is 4.63. The van der Waals surface area contributed by atoms with E-state index in [0.717, 1.165) is 3.79 Å². The summed E-state index contributed by atoms with van der Waals surface area (Å²) in [6.07, 6.45) is -0.255. The Bertz CT molecular complexity index is 381. The van der Waals surface area contributed by atoms with Crippen molar-refractivity contribution in [2.45, 2.75) is 6.42 Å². The Hall–Kier alpha value is -1.08. The van der Waals surface area contributed by atoms with Gasteiger partial charge in [-0.25, -0.2) is 4.79 Å². The highest BCUT2D eigenvalue weighted by molar-refractivity contribution is 9.11. The van der Waals surface area contributed by atoms with Gasteiger partial charge in [-0.3, -0.25) is 4.79 Å². The lowest BCUT2D eigenvalue weighted by Gasteiger charge is -2.03. The molecule has 0 aliphatic rings. The molecule has 0 saturated heterocycles. The molecule has 1 heterocycles. The van der Waals surface area contributed by atoms with Gasteiger partial charge >= 0.3 is 6.09 Å². The zero-order chi connectivity index (χ0) is 12.0. The lowest BCUT2D eigenvalue weighted by atomic mass is 10.4. The zero-order valence-corrected chi connectivity index (χ0v) is 10.8. The van der Waals surface area contributed by atoms with Crippen LogP contribution in [0.4, 0.5) is 4.79 Å². The van der Waals surface area contributed by atoms with Crippen molar-refractivity contribution in [3.05, 3.63) is 20.8 Å². The molecule has 2 amide bonds. The van der Waals surface area contributed by atoms with E-state index in [1.807, 2.05) is 6.07 Å². The number of rotatable bonds is 5. The van der Waals surface area contributed by atoms with Crippen LogP contribution in [-0.2, 0) is 4.74 Å². The third-order valence-corrected chi connectivity index (χ3v) is 3.27. The van der Waals surface area contributed by atoms with E-state index in [-0.39, 0.29) is 12.5 Å². The van der Waals surface area contributed by atoms with E-state index in [0.29, 0.717) is 17.8 Å². The second kappa shape index (κ2) is 6.49. The number of amides is 2. The fourth-order valence-electron chi connectivity index (χ4n) is 0.970. The molecular formula is C9H11BrN2O3S. The molecule has 0 radical (unpaired) electrons. The molecule has 0 atom stereocenters. The summed E-state index contributed by atoms with van der Waals surface area (Å²) in [5.74, 6) is -0.130. The van der Waals surface area contributed by atoms with Crippen molar-refractivity contribution in [3.8, 4) is 0 Å². The number of carbonyl (C=O) groups is 2. The van der Waals surface area contributed by atoms with Crippen LogP contribution in [0.5, 0.6) is 0 Å². The van der Waals surface area contributed by atoms with Gasteiger partial charge < -0.3 is 15.8 Å². The molecule has 16 heavy (non-hydrogen) atoms. The maximum absolute atomic E-state index is 11.5. The van der Waals surface area contributed by atoms with Gasteiger partial charge in [0, 0.05) is 6.54 Å². The number of thiophene rings is 1. The van der Waals surface area contributed by atoms with Crippen molar-refractivity contribution in [1.29, 1.82) is 0 Å². The second-order valence-electron chi connectivity index (χ2n) is 2.88. The van der Waals surface area contributed by atoms with Crippen LogP contribution in [0.2, 0.25) is 0 Å². The highest BCUT2D eigenvalue weighted by Gasteiger charge is 2.07. The van der Waals surface area contributed by atoms with Gasteiger partial charge in [-0.2, -0.15) is 0 Å². The Balaban J connectivity index is 2.18. The Morgan fingerprint density at radius 3 is 2.81 bits per heavy atom. The molecule has 1 aromatic heterocycles. The molecule has 0 unspecified atom stereocenters. The number of hydrogen-bond acceptors (Lipinski definition) is 4. The normalized spacial score (nSPS) is 9.81. The fraction of sp³-hybridized carbons (Fsp3) is 0.333. The Kier molecular flexibility index (Phi) is 5.27. The molecule has 5 nitrogen and oxygen atoms in total. The Labute approximate surface area is 105 Å². The van der Waals surface area contributed by atoms with E-state index < -0.39 is 6.09 Å². The number of nitrogens with two attached hydrogens (primary N) is 1. The summed E-state index contributed by atoms with van der Waals surface area (Å²) in [6.45, 7) is 0.658. The van der Waals surface area contributed by atoms with Gasteiger partial charge in [0.05, 0.1) is 15.3 Å². The molecule has 7 heteroatoms. The number of ether oxygens (including phenoxy) is 1. The van der Waals surface area contributed by atoms with Crippen molar-refractivity contribution in [1.82, 2.24) is 5.32 Å². The van der Waals surface area contributed by atoms with E-state index in [4.69, 9.17) is 5.73 Å². The molecule has 0 aliphatic heterocycles. The third-order valence-electron chi connectivity index (χ3n) is 1.65. The molecule has 0 saturated carbocycles. The van der Waals surface area contributed by atoms with Crippen molar-refractivity contribution in [2.75, 3.05) is 13.2 Å². The molecule has 88 valence electrons. The van der Waals surface area contributed by atoms with Crippen LogP contribution in [0.15, 0.2) is 15.9 Å². The number of carbonyl (C=O) groups excluding carboxylic acids is 2. The second-order valence-corrected chi connectivity index (χ2v) is 5.34. The van der Waals surface area contributed by atoms with Gasteiger partial charge in [-0.05, 0) is 34.5 Å². The molecule has 1 aromatic rings. The fourth-order valence-corrected chi connectivity index (χ4v) is 2.27.